The summed E-state index contributed by atoms with van der Waals surface area (Å²) in [5.74, 6) is 1.16. The molecule has 0 spiro atoms. The van der Waals surface area contributed by atoms with E-state index in [4.69, 9.17) is 0 Å². The third kappa shape index (κ3) is 4.48. The van der Waals surface area contributed by atoms with Crippen LogP contribution in [0.1, 0.15) is 72.9 Å². The van der Waals surface area contributed by atoms with Gasteiger partial charge >= 0.3 is 26.2 Å². The van der Waals surface area contributed by atoms with Crippen LogP contribution in [0, 0.1) is 0 Å². The van der Waals surface area contributed by atoms with Gasteiger partial charge in [0.2, 0.25) is 0 Å². The maximum absolute atomic E-state index is 2.51. The van der Waals surface area contributed by atoms with Crippen molar-refractivity contribution in [1.82, 2.24) is 0 Å². The van der Waals surface area contributed by atoms with E-state index in [1.165, 1.54) is 58.4 Å². The van der Waals surface area contributed by atoms with E-state index in [1.54, 1.807) is 22.3 Å². The van der Waals surface area contributed by atoms with Crippen LogP contribution in [0.3, 0.4) is 0 Å². The zero-order valence-electron chi connectivity index (χ0n) is 18.9. The van der Waals surface area contributed by atoms with Crippen molar-refractivity contribution < 1.29 is 51.0 Å². The Hall–Kier alpha value is -0.877. The monoisotopic (exact) mass is 526 g/mol. The molecule has 0 bridgehead atoms. The molecule has 0 saturated carbocycles. The van der Waals surface area contributed by atoms with Gasteiger partial charge in [0.15, 0.2) is 0 Å². The molecule has 1 aliphatic rings. The first-order chi connectivity index (χ1) is 13.5. The predicted octanol–water partition coefficient (Wildman–Crippen LogP) is 1.57. The summed E-state index contributed by atoms with van der Waals surface area (Å²) >= 11 is 0. The Morgan fingerprint density at radius 1 is 0.645 bits per heavy atom. The molecule has 3 heteroatoms. The zero-order chi connectivity index (χ0) is 19.4. The first kappa shape index (κ1) is 26.4. The van der Waals surface area contributed by atoms with Gasteiger partial charge in [0, 0.05) is 0 Å². The zero-order valence-corrected chi connectivity index (χ0v) is 22.8. The maximum atomic E-state index is 2.51. The van der Waals surface area contributed by atoms with Crippen LogP contribution < -0.4 is 24.8 Å². The Morgan fingerprint density at radius 2 is 1.03 bits per heavy atom. The van der Waals surface area contributed by atoms with E-state index in [2.05, 4.69) is 76.2 Å². The SMILES string of the molecule is CC(C)c1cccc2c1cc1[c-]2CCc2cc3c(C(C)C)cccc3[c-]2CC1.[Cl-].[Cl-].[Zr+4]. The van der Waals surface area contributed by atoms with Gasteiger partial charge in [-0.3, -0.25) is 0 Å². The molecule has 0 amide bonds. The molecule has 0 N–H and O–H groups in total. The van der Waals surface area contributed by atoms with Gasteiger partial charge in [0.25, 0.3) is 0 Å². The molecule has 4 aromatic carbocycles. The Bertz CT molecular complexity index is 1080. The van der Waals surface area contributed by atoms with E-state index in [0.717, 1.165) is 0 Å². The van der Waals surface area contributed by atoms with Gasteiger partial charge < -0.3 is 24.8 Å². The van der Waals surface area contributed by atoms with Crippen molar-refractivity contribution in [3.05, 3.63) is 81.9 Å². The Morgan fingerprint density at radius 3 is 1.39 bits per heavy atom. The van der Waals surface area contributed by atoms with Gasteiger partial charge in [0.05, 0.1) is 0 Å². The number of aryl methyl sites for hydroxylation is 4. The molecule has 0 unspecified atom stereocenters. The van der Waals surface area contributed by atoms with Crippen molar-refractivity contribution in [1.29, 1.82) is 0 Å². The van der Waals surface area contributed by atoms with E-state index < -0.39 is 0 Å². The molecule has 31 heavy (non-hydrogen) atoms. The first-order valence-corrected chi connectivity index (χ1v) is 10.9. The van der Waals surface area contributed by atoms with E-state index in [0.29, 0.717) is 11.8 Å². The first-order valence-electron chi connectivity index (χ1n) is 10.9. The second-order valence-corrected chi connectivity index (χ2v) is 9.22. The van der Waals surface area contributed by atoms with Crippen molar-refractivity contribution in [2.24, 2.45) is 0 Å². The van der Waals surface area contributed by atoms with Crippen molar-refractivity contribution in [3.8, 4) is 0 Å². The van der Waals surface area contributed by atoms with Crippen LogP contribution in [-0.2, 0) is 51.9 Å². The Balaban J connectivity index is 0.00000114. The number of rotatable bonds is 2. The minimum Gasteiger partial charge on any atom is -1.00 e. The molecule has 0 aliphatic heterocycles. The molecule has 0 fully saturated rings. The third-order valence-corrected chi connectivity index (χ3v) is 6.88. The molecule has 0 heterocycles. The van der Waals surface area contributed by atoms with Crippen LogP contribution in [-0.4, -0.2) is 0 Å². The van der Waals surface area contributed by atoms with Gasteiger partial charge in [-0.2, -0.15) is 12.1 Å². The van der Waals surface area contributed by atoms with Crippen molar-refractivity contribution in [2.45, 2.75) is 65.2 Å². The third-order valence-electron chi connectivity index (χ3n) is 6.88. The summed E-state index contributed by atoms with van der Waals surface area (Å²) in [7, 11) is 0. The van der Waals surface area contributed by atoms with Crippen LogP contribution >= 0.6 is 0 Å². The van der Waals surface area contributed by atoms with Crippen LogP contribution in [0.25, 0.3) is 21.5 Å². The fraction of sp³-hybridized carbons (Fsp3) is 0.357. The van der Waals surface area contributed by atoms with E-state index >= 15 is 0 Å². The van der Waals surface area contributed by atoms with Crippen molar-refractivity contribution in [2.75, 3.05) is 0 Å². The van der Waals surface area contributed by atoms with E-state index in [1.807, 2.05) is 0 Å². The molecule has 160 valence electrons. The number of benzene rings is 2. The molecular formula is C28H30Cl2Zr. The second kappa shape index (κ2) is 10.4. The molecular weight excluding hydrogens is 498 g/mol. The quantitative estimate of drug-likeness (QED) is 0.347. The van der Waals surface area contributed by atoms with Gasteiger partial charge in [-0.25, -0.2) is 0 Å². The van der Waals surface area contributed by atoms with Gasteiger partial charge in [-0.15, -0.1) is 68.1 Å². The molecule has 0 nitrogen and oxygen atoms in total. The minimum atomic E-state index is 0. The molecule has 0 atom stereocenters. The largest absolute Gasteiger partial charge is 4.00 e. The minimum absolute atomic E-state index is 0. The van der Waals surface area contributed by atoms with E-state index in [-0.39, 0.29) is 51.0 Å². The summed E-state index contributed by atoms with van der Waals surface area (Å²) in [5.41, 5.74) is 9.40. The molecule has 0 saturated heterocycles. The number of halogens is 2. The number of hydrogen-bond acceptors (Lipinski definition) is 0. The van der Waals surface area contributed by atoms with E-state index in [9.17, 15) is 0 Å². The second-order valence-electron chi connectivity index (χ2n) is 9.22. The van der Waals surface area contributed by atoms with Gasteiger partial charge in [0.1, 0.15) is 0 Å². The molecule has 0 aromatic heterocycles. The molecule has 1 aliphatic carbocycles. The van der Waals surface area contributed by atoms with Crippen molar-refractivity contribution in [3.63, 3.8) is 0 Å². The van der Waals surface area contributed by atoms with Gasteiger partial charge in [-0.1, -0.05) is 63.8 Å². The summed E-state index contributed by atoms with van der Waals surface area (Å²) in [6, 6.07) is 18.9. The van der Waals surface area contributed by atoms with Crippen LogP contribution in [0.4, 0.5) is 0 Å². The Kier molecular flexibility index (Phi) is 8.83. The maximum Gasteiger partial charge on any atom is 4.00 e. The smallest absolute Gasteiger partial charge is 1.00 e. The van der Waals surface area contributed by atoms with Crippen molar-refractivity contribution >= 4 is 21.5 Å². The molecule has 4 aromatic rings. The average molecular weight is 529 g/mol. The predicted molar refractivity (Wildman–Crippen MR) is 122 cm³/mol. The molecule has 5 rings (SSSR count). The normalized spacial score (nSPS) is 13.1. The Labute approximate surface area is 218 Å². The summed E-state index contributed by atoms with van der Waals surface area (Å²) in [4.78, 5) is 0. The van der Waals surface area contributed by atoms with Gasteiger partial charge in [-0.05, 0) is 24.7 Å². The topological polar surface area (TPSA) is 0 Å². The average Bonchev–Trinajstić information content (AvgIpc) is 3.18. The van der Waals surface area contributed by atoms with Crippen LogP contribution in [0.15, 0.2) is 48.5 Å². The summed E-state index contributed by atoms with van der Waals surface area (Å²) in [5, 5.41) is 6.00. The summed E-state index contributed by atoms with van der Waals surface area (Å²) in [6.45, 7) is 9.25. The number of hydrogen-bond donors (Lipinski definition) is 0. The summed E-state index contributed by atoms with van der Waals surface area (Å²) < 4.78 is 0. The van der Waals surface area contributed by atoms with Crippen LogP contribution in [0.5, 0.6) is 0 Å². The fourth-order valence-electron chi connectivity index (χ4n) is 5.45. The molecule has 0 radical (unpaired) electrons. The number of fused-ring (bicyclic) bond motifs is 6. The standard InChI is InChI=1S/C28H30.2ClH.Zr/c1-17(2)21-7-5-9-25-23-13-12-20-16-28-22(18(3)4)8-6-10-26(28)24(20)14-11-19(23)15-27(21)25;;;/h5-10,15-18H,11-14H2,1-4H3;2*1H;/q-2;;;+4/p-2. The van der Waals surface area contributed by atoms with Crippen LogP contribution in [0.2, 0.25) is 0 Å². The fourth-order valence-corrected chi connectivity index (χ4v) is 5.45. The summed E-state index contributed by atoms with van der Waals surface area (Å²) in [6.07, 6.45) is 4.67.